The number of hydrogen-bond acceptors (Lipinski definition) is 1. The van der Waals surface area contributed by atoms with Crippen molar-refractivity contribution < 1.29 is 9.90 Å². The molecule has 1 unspecified atom stereocenters. The quantitative estimate of drug-likeness (QED) is 0.857. The zero-order chi connectivity index (χ0) is 11.1. The third kappa shape index (κ3) is 1.74. The molecule has 2 nitrogen and oxygen atoms in total. The second kappa shape index (κ2) is 3.53. The van der Waals surface area contributed by atoms with Crippen molar-refractivity contribution in [1.82, 2.24) is 0 Å². The Labute approximate surface area is 93.9 Å². The molecule has 0 bridgehead atoms. The van der Waals surface area contributed by atoms with Crippen LogP contribution in [-0.2, 0) is 10.2 Å². The van der Waals surface area contributed by atoms with Crippen molar-refractivity contribution in [1.29, 1.82) is 0 Å². The van der Waals surface area contributed by atoms with E-state index in [1.165, 1.54) is 0 Å². The van der Waals surface area contributed by atoms with Crippen LogP contribution in [0.4, 0.5) is 0 Å². The molecule has 1 aliphatic rings. The van der Waals surface area contributed by atoms with Gasteiger partial charge in [0.2, 0.25) is 0 Å². The molecule has 0 radical (unpaired) electrons. The van der Waals surface area contributed by atoms with Crippen LogP contribution in [0.5, 0.6) is 0 Å². The number of benzene rings is 1. The lowest BCUT2D eigenvalue weighted by Gasteiger charge is -2.25. The number of carbonyl (C=O) groups is 1. The fraction of sp³-hybridized carbons (Fsp3) is 0.417. The molecule has 0 aromatic heterocycles. The van der Waals surface area contributed by atoms with E-state index in [0.717, 1.165) is 18.4 Å². The Hall–Kier alpha value is -1.02. The fourth-order valence-corrected chi connectivity index (χ4v) is 2.12. The summed E-state index contributed by atoms with van der Waals surface area (Å²) in [5.41, 5.74) is 0.104. The van der Waals surface area contributed by atoms with E-state index in [1.54, 1.807) is 19.1 Å². The van der Waals surface area contributed by atoms with Crippen molar-refractivity contribution >= 4 is 17.6 Å². The maximum Gasteiger partial charge on any atom is 0.314 e. The Balaban J connectivity index is 2.40. The van der Waals surface area contributed by atoms with Gasteiger partial charge in [-0.1, -0.05) is 23.7 Å². The van der Waals surface area contributed by atoms with Crippen molar-refractivity contribution in [3.8, 4) is 0 Å². The van der Waals surface area contributed by atoms with E-state index in [1.807, 2.05) is 12.1 Å². The molecule has 1 atom stereocenters. The van der Waals surface area contributed by atoms with Crippen LogP contribution in [0.3, 0.4) is 0 Å². The molecule has 3 heteroatoms. The van der Waals surface area contributed by atoms with Gasteiger partial charge in [0, 0.05) is 5.02 Å². The topological polar surface area (TPSA) is 37.3 Å². The first-order valence-electron chi connectivity index (χ1n) is 5.04. The van der Waals surface area contributed by atoms with E-state index in [-0.39, 0.29) is 5.92 Å². The second-order valence-electron chi connectivity index (χ2n) is 4.29. The van der Waals surface area contributed by atoms with Crippen LogP contribution in [0.15, 0.2) is 24.3 Å². The highest BCUT2D eigenvalue weighted by atomic mass is 35.5. The van der Waals surface area contributed by atoms with Crippen molar-refractivity contribution in [3.05, 3.63) is 34.9 Å². The molecule has 0 heterocycles. The first kappa shape index (κ1) is 10.5. The summed E-state index contributed by atoms with van der Waals surface area (Å²) in [5.74, 6) is -0.469. The van der Waals surface area contributed by atoms with Crippen LogP contribution in [-0.4, -0.2) is 11.1 Å². The molecule has 80 valence electrons. The van der Waals surface area contributed by atoms with Crippen molar-refractivity contribution in [2.24, 2.45) is 5.92 Å². The Morgan fingerprint density at radius 2 is 1.93 bits per heavy atom. The molecule has 1 aliphatic carbocycles. The average molecular weight is 225 g/mol. The van der Waals surface area contributed by atoms with Gasteiger partial charge in [-0.2, -0.15) is 0 Å². The molecule has 0 amide bonds. The standard InChI is InChI=1S/C12H13ClO2/c1-12(11(14)15,8-2-3-8)9-4-6-10(13)7-5-9/h4-8H,2-3H2,1H3,(H,14,15). The molecular formula is C12H13ClO2. The molecule has 1 N–H and O–H groups in total. The van der Waals surface area contributed by atoms with Gasteiger partial charge in [0.25, 0.3) is 0 Å². The van der Waals surface area contributed by atoms with Crippen molar-refractivity contribution in [2.75, 3.05) is 0 Å². The lowest BCUT2D eigenvalue weighted by atomic mass is 9.78. The minimum Gasteiger partial charge on any atom is -0.481 e. The van der Waals surface area contributed by atoms with E-state index in [4.69, 9.17) is 11.6 Å². The molecule has 1 aromatic rings. The van der Waals surface area contributed by atoms with E-state index < -0.39 is 11.4 Å². The zero-order valence-corrected chi connectivity index (χ0v) is 9.29. The highest BCUT2D eigenvalue weighted by Crippen LogP contribution is 2.47. The molecular weight excluding hydrogens is 212 g/mol. The summed E-state index contributed by atoms with van der Waals surface area (Å²) in [4.78, 5) is 11.4. The fourth-order valence-electron chi connectivity index (χ4n) is 1.99. The molecule has 0 spiro atoms. The Kier molecular flexibility index (Phi) is 2.47. The van der Waals surface area contributed by atoms with Crippen LogP contribution in [0, 0.1) is 5.92 Å². The molecule has 0 saturated heterocycles. The number of hydrogen-bond donors (Lipinski definition) is 1. The van der Waals surface area contributed by atoms with Gasteiger partial charge >= 0.3 is 5.97 Å². The highest BCUT2D eigenvalue weighted by Gasteiger charge is 2.48. The van der Waals surface area contributed by atoms with Gasteiger partial charge in [-0.25, -0.2) is 0 Å². The molecule has 1 fully saturated rings. The second-order valence-corrected chi connectivity index (χ2v) is 4.73. The van der Waals surface area contributed by atoms with E-state index >= 15 is 0 Å². The molecule has 1 aromatic carbocycles. The summed E-state index contributed by atoms with van der Waals surface area (Å²) < 4.78 is 0. The smallest absolute Gasteiger partial charge is 0.314 e. The predicted octanol–water partition coefficient (Wildman–Crippen LogP) is 3.09. The van der Waals surface area contributed by atoms with Gasteiger partial charge in [0.1, 0.15) is 0 Å². The first-order valence-corrected chi connectivity index (χ1v) is 5.42. The van der Waals surface area contributed by atoms with Gasteiger partial charge in [0.05, 0.1) is 5.41 Å². The third-order valence-electron chi connectivity index (χ3n) is 3.28. The summed E-state index contributed by atoms with van der Waals surface area (Å²) in [7, 11) is 0. The van der Waals surface area contributed by atoms with Gasteiger partial charge in [-0.3, -0.25) is 4.79 Å². The summed E-state index contributed by atoms with van der Waals surface area (Å²) >= 11 is 5.79. The SMILES string of the molecule is CC(C(=O)O)(c1ccc(Cl)cc1)C1CC1. The summed E-state index contributed by atoms with van der Waals surface area (Å²) in [5, 5.41) is 9.97. The van der Waals surface area contributed by atoms with Crippen LogP contribution >= 0.6 is 11.6 Å². The van der Waals surface area contributed by atoms with Crippen LogP contribution in [0.1, 0.15) is 25.3 Å². The summed E-state index contributed by atoms with van der Waals surface area (Å²) in [6.45, 7) is 1.80. The third-order valence-corrected chi connectivity index (χ3v) is 3.53. The maximum absolute atomic E-state index is 11.4. The zero-order valence-electron chi connectivity index (χ0n) is 8.53. The van der Waals surface area contributed by atoms with Crippen molar-refractivity contribution in [3.63, 3.8) is 0 Å². The van der Waals surface area contributed by atoms with Gasteiger partial charge in [0.15, 0.2) is 0 Å². The lowest BCUT2D eigenvalue weighted by molar-refractivity contribution is -0.144. The van der Waals surface area contributed by atoms with E-state index in [9.17, 15) is 9.90 Å². The largest absolute Gasteiger partial charge is 0.481 e. The Morgan fingerprint density at radius 3 is 2.33 bits per heavy atom. The molecule has 2 rings (SSSR count). The van der Waals surface area contributed by atoms with Crippen LogP contribution < -0.4 is 0 Å². The number of rotatable bonds is 3. The first-order chi connectivity index (χ1) is 7.05. The van der Waals surface area contributed by atoms with Crippen LogP contribution in [0.2, 0.25) is 5.02 Å². The van der Waals surface area contributed by atoms with Gasteiger partial charge in [-0.15, -0.1) is 0 Å². The van der Waals surface area contributed by atoms with Crippen molar-refractivity contribution in [2.45, 2.75) is 25.2 Å². The number of carboxylic acids is 1. The normalized spacial score (nSPS) is 19.6. The maximum atomic E-state index is 11.4. The minimum absolute atomic E-state index is 0.274. The van der Waals surface area contributed by atoms with Gasteiger partial charge in [-0.05, 0) is 43.4 Å². The molecule has 1 saturated carbocycles. The Bertz CT molecular complexity index is 381. The average Bonchev–Trinajstić information content (AvgIpc) is 3.00. The van der Waals surface area contributed by atoms with Gasteiger partial charge < -0.3 is 5.11 Å². The Morgan fingerprint density at radius 1 is 1.40 bits per heavy atom. The van der Waals surface area contributed by atoms with E-state index in [0.29, 0.717) is 5.02 Å². The van der Waals surface area contributed by atoms with Crippen LogP contribution in [0.25, 0.3) is 0 Å². The lowest BCUT2D eigenvalue weighted by Crippen LogP contribution is -2.34. The molecule has 0 aliphatic heterocycles. The summed E-state index contributed by atoms with van der Waals surface area (Å²) in [6.07, 6.45) is 2.01. The summed E-state index contributed by atoms with van der Waals surface area (Å²) in [6, 6.07) is 7.13. The predicted molar refractivity (Wildman–Crippen MR) is 59.2 cm³/mol. The number of halogens is 1. The molecule has 15 heavy (non-hydrogen) atoms. The number of carboxylic acid groups (broad SMARTS) is 1. The monoisotopic (exact) mass is 224 g/mol. The number of aliphatic carboxylic acids is 1. The van der Waals surface area contributed by atoms with E-state index in [2.05, 4.69) is 0 Å². The minimum atomic E-state index is -0.745. The highest BCUT2D eigenvalue weighted by molar-refractivity contribution is 6.30.